The Kier molecular flexibility index (Phi) is 8.05. The molecule has 0 radical (unpaired) electrons. The van der Waals surface area contributed by atoms with Crippen LogP contribution in [0.4, 0.5) is 4.79 Å². The first-order valence-corrected chi connectivity index (χ1v) is 8.25. The van der Waals surface area contributed by atoms with Crippen molar-refractivity contribution in [1.82, 2.24) is 10.6 Å². The number of carbonyl (C=O) groups excluding carboxylic acids is 2. The standard InChI is InChI=1S/C18H26N2O6/c1-12(16(23)26-18(2,3)4)19-10-14(15(21)22)20-17(24)25-11-13-8-6-5-7-9-13/h5-9,12,14,19H,10-11H2,1-4H3,(H,20,24)(H,21,22). The van der Waals surface area contributed by atoms with Crippen LogP contribution in [-0.2, 0) is 25.7 Å². The molecule has 1 aromatic carbocycles. The molecule has 1 aromatic rings. The maximum atomic E-state index is 11.9. The van der Waals surface area contributed by atoms with E-state index in [-0.39, 0.29) is 13.2 Å². The Morgan fingerprint density at radius 3 is 2.31 bits per heavy atom. The van der Waals surface area contributed by atoms with Crippen molar-refractivity contribution in [3.05, 3.63) is 35.9 Å². The fourth-order valence-electron chi connectivity index (χ4n) is 1.88. The summed E-state index contributed by atoms with van der Waals surface area (Å²) in [6, 6.07) is 7.04. The van der Waals surface area contributed by atoms with Crippen molar-refractivity contribution in [1.29, 1.82) is 0 Å². The summed E-state index contributed by atoms with van der Waals surface area (Å²) in [5.41, 5.74) is 0.143. The van der Waals surface area contributed by atoms with Gasteiger partial charge in [0.1, 0.15) is 24.3 Å². The lowest BCUT2D eigenvalue weighted by Crippen LogP contribution is -2.50. The first-order chi connectivity index (χ1) is 12.1. The Morgan fingerprint density at radius 2 is 1.77 bits per heavy atom. The molecular formula is C18H26N2O6. The second-order valence-corrected chi connectivity index (χ2v) is 6.76. The zero-order valence-electron chi connectivity index (χ0n) is 15.4. The molecule has 0 saturated heterocycles. The normalized spacial score (nSPS) is 13.4. The highest BCUT2D eigenvalue weighted by Gasteiger charge is 2.25. The summed E-state index contributed by atoms with van der Waals surface area (Å²) in [6.07, 6.45) is -0.854. The number of ether oxygens (including phenoxy) is 2. The molecule has 0 saturated carbocycles. The van der Waals surface area contributed by atoms with Crippen LogP contribution in [0, 0.1) is 0 Å². The van der Waals surface area contributed by atoms with Crippen molar-refractivity contribution in [2.24, 2.45) is 0 Å². The average molecular weight is 366 g/mol. The van der Waals surface area contributed by atoms with Gasteiger partial charge in [0.25, 0.3) is 0 Å². The van der Waals surface area contributed by atoms with E-state index < -0.39 is 35.7 Å². The van der Waals surface area contributed by atoms with E-state index >= 15 is 0 Å². The Balaban J connectivity index is 2.46. The third kappa shape index (κ3) is 8.48. The molecule has 1 rings (SSSR count). The molecule has 26 heavy (non-hydrogen) atoms. The molecule has 0 bridgehead atoms. The summed E-state index contributed by atoms with van der Waals surface area (Å²) in [7, 11) is 0. The number of amides is 1. The molecular weight excluding hydrogens is 340 g/mol. The maximum Gasteiger partial charge on any atom is 0.408 e. The largest absolute Gasteiger partial charge is 0.480 e. The van der Waals surface area contributed by atoms with E-state index in [0.29, 0.717) is 0 Å². The Hall–Kier alpha value is -2.61. The van der Waals surface area contributed by atoms with Crippen LogP contribution in [0.5, 0.6) is 0 Å². The number of nitrogens with one attached hydrogen (secondary N) is 2. The predicted octanol–water partition coefficient (Wildman–Crippen LogP) is 1.69. The highest BCUT2D eigenvalue weighted by atomic mass is 16.6. The molecule has 0 spiro atoms. The zero-order valence-corrected chi connectivity index (χ0v) is 15.4. The predicted molar refractivity (Wildman–Crippen MR) is 94.5 cm³/mol. The van der Waals surface area contributed by atoms with Crippen molar-refractivity contribution in [3.63, 3.8) is 0 Å². The van der Waals surface area contributed by atoms with Gasteiger partial charge >= 0.3 is 18.0 Å². The van der Waals surface area contributed by atoms with Gasteiger partial charge in [0.2, 0.25) is 0 Å². The number of hydrogen-bond donors (Lipinski definition) is 3. The first-order valence-electron chi connectivity index (χ1n) is 8.25. The lowest BCUT2D eigenvalue weighted by atomic mass is 10.2. The van der Waals surface area contributed by atoms with Crippen molar-refractivity contribution in [2.75, 3.05) is 6.54 Å². The van der Waals surface area contributed by atoms with Crippen molar-refractivity contribution in [3.8, 4) is 0 Å². The molecule has 144 valence electrons. The third-order valence-electron chi connectivity index (χ3n) is 3.19. The monoisotopic (exact) mass is 366 g/mol. The van der Waals surface area contributed by atoms with Crippen LogP contribution in [-0.4, -0.2) is 47.4 Å². The van der Waals surface area contributed by atoms with Crippen LogP contribution in [0.2, 0.25) is 0 Å². The van der Waals surface area contributed by atoms with E-state index in [1.54, 1.807) is 52.0 Å². The topological polar surface area (TPSA) is 114 Å². The summed E-state index contributed by atoms with van der Waals surface area (Å²) in [4.78, 5) is 35.0. The van der Waals surface area contributed by atoms with Gasteiger partial charge in [-0.15, -0.1) is 0 Å². The van der Waals surface area contributed by atoms with Crippen molar-refractivity contribution in [2.45, 2.75) is 52.0 Å². The molecule has 0 aliphatic heterocycles. The van der Waals surface area contributed by atoms with Crippen LogP contribution < -0.4 is 10.6 Å². The van der Waals surface area contributed by atoms with Gasteiger partial charge in [0.15, 0.2) is 0 Å². The molecule has 3 N–H and O–H groups in total. The van der Waals surface area contributed by atoms with Crippen LogP contribution in [0.3, 0.4) is 0 Å². The van der Waals surface area contributed by atoms with Crippen LogP contribution in [0.25, 0.3) is 0 Å². The summed E-state index contributed by atoms with van der Waals surface area (Å²) < 4.78 is 10.2. The van der Waals surface area contributed by atoms with E-state index in [1.807, 2.05) is 6.07 Å². The van der Waals surface area contributed by atoms with Gasteiger partial charge in [-0.2, -0.15) is 0 Å². The van der Waals surface area contributed by atoms with E-state index in [2.05, 4.69) is 10.6 Å². The molecule has 8 nitrogen and oxygen atoms in total. The average Bonchev–Trinajstić information content (AvgIpc) is 2.55. The first kappa shape index (κ1) is 21.4. The fraction of sp³-hybridized carbons (Fsp3) is 0.500. The van der Waals surface area contributed by atoms with Gasteiger partial charge in [0, 0.05) is 6.54 Å². The number of carboxylic acid groups (broad SMARTS) is 1. The number of carbonyl (C=O) groups is 3. The van der Waals surface area contributed by atoms with E-state index in [1.165, 1.54) is 0 Å². The minimum absolute atomic E-state index is 0.0285. The third-order valence-corrected chi connectivity index (χ3v) is 3.19. The summed E-state index contributed by atoms with van der Waals surface area (Å²) >= 11 is 0. The number of aliphatic carboxylic acids is 1. The molecule has 0 aromatic heterocycles. The van der Waals surface area contributed by atoms with Gasteiger partial charge in [-0.25, -0.2) is 9.59 Å². The van der Waals surface area contributed by atoms with E-state index in [4.69, 9.17) is 9.47 Å². The van der Waals surface area contributed by atoms with Gasteiger partial charge in [-0.05, 0) is 33.3 Å². The molecule has 0 aliphatic carbocycles. The summed E-state index contributed by atoms with van der Waals surface area (Å²) in [5, 5.41) is 14.2. The van der Waals surface area contributed by atoms with Gasteiger partial charge in [-0.3, -0.25) is 4.79 Å². The van der Waals surface area contributed by atoms with Crippen LogP contribution in [0.15, 0.2) is 30.3 Å². The van der Waals surface area contributed by atoms with E-state index in [0.717, 1.165) is 5.56 Å². The van der Waals surface area contributed by atoms with Gasteiger partial charge < -0.3 is 25.2 Å². The molecule has 0 heterocycles. The molecule has 0 fully saturated rings. The number of carboxylic acids is 1. The second kappa shape index (κ2) is 9.76. The number of rotatable bonds is 8. The zero-order chi connectivity index (χ0) is 19.7. The highest BCUT2D eigenvalue weighted by molar-refractivity contribution is 5.80. The number of alkyl carbamates (subject to hydrolysis) is 1. The smallest absolute Gasteiger partial charge is 0.408 e. The lowest BCUT2D eigenvalue weighted by molar-refractivity contribution is -0.157. The Morgan fingerprint density at radius 1 is 1.15 bits per heavy atom. The highest BCUT2D eigenvalue weighted by Crippen LogP contribution is 2.08. The fourth-order valence-corrected chi connectivity index (χ4v) is 1.88. The number of hydrogen-bond acceptors (Lipinski definition) is 6. The minimum Gasteiger partial charge on any atom is -0.480 e. The quantitative estimate of drug-likeness (QED) is 0.600. The summed E-state index contributed by atoms with van der Waals surface area (Å²) in [6.45, 7) is 6.64. The van der Waals surface area contributed by atoms with Gasteiger partial charge in [-0.1, -0.05) is 30.3 Å². The molecule has 0 aliphatic rings. The lowest BCUT2D eigenvalue weighted by Gasteiger charge is -2.23. The molecule has 2 unspecified atom stereocenters. The van der Waals surface area contributed by atoms with Crippen LogP contribution >= 0.6 is 0 Å². The minimum atomic E-state index is -1.25. The molecule has 1 amide bonds. The molecule has 2 atom stereocenters. The number of benzene rings is 1. The second-order valence-electron chi connectivity index (χ2n) is 6.76. The van der Waals surface area contributed by atoms with Crippen molar-refractivity contribution < 1.29 is 29.0 Å². The SMILES string of the molecule is CC(NCC(NC(=O)OCc1ccccc1)C(=O)O)C(=O)OC(C)(C)C. The van der Waals surface area contributed by atoms with Gasteiger partial charge in [0.05, 0.1) is 0 Å². The number of esters is 1. The van der Waals surface area contributed by atoms with Crippen molar-refractivity contribution >= 4 is 18.0 Å². The Bertz CT molecular complexity index is 612. The molecule has 8 heteroatoms. The maximum absolute atomic E-state index is 11.9. The van der Waals surface area contributed by atoms with Crippen LogP contribution in [0.1, 0.15) is 33.3 Å². The van der Waals surface area contributed by atoms with E-state index in [9.17, 15) is 19.5 Å². The Labute approximate surface area is 152 Å². The summed E-state index contributed by atoms with van der Waals surface area (Å²) in [5.74, 6) is -1.75.